The zero-order chi connectivity index (χ0) is 15.2. The monoisotopic (exact) mass is 285 g/mol. The summed E-state index contributed by atoms with van der Waals surface area (Å²) in [5, 5.41) is 22.4. The second kappa shape index (κ2) is 6.29. The van der Waals surface area contributed by atoms with Gasteiger partial charge in [0.2, 0.25) is 5.91 Å². The molecule has 7 nitrogen and oxygen atoms in total. The van der Waals surface area contributed by atoms with E-state index in [1.165, 1.54) is 6.08 Å². The fourth-order valence-electron chi connectivity index (χ4n) is 1.53. The molecule has 2 N–H and O–H groups in total. The second-order valence-corrected chi connectivity index (χ2v) is 4.05. The fourth-order valence-corrected chi connectivity index (χ4v) is 1.53. The highest BCUT2D eigenvalue weighted by molar-refractivity contribution is 6.02. The van der Waals surface area contributed by atoms with Gasteiger partial charge in [-0.25, -0.2) is 4.98 Å². The van der Waals surface area contributed by atoms with Crippen LogP contribution in [0.4, 0.5) is 11.5 Å². The van der Waals surface area contributed by atoms with E-state index in [4.69, 9.17) is 0 Å². The van der Waals surface area contributed by atoms with E-state index >= 15 is 0 Å². The molecule has 0 aliphatic carbocycles. The number of nitro groups is 1. The predicted octanol–water partition coefficient (Wildman–Crippen LogP) is 2.35. The van der Waals surface area contributed by atoms with Gasteiger partial charge in [0.05, 0.1) is 11.0 Å². The van der Waals surface area contributed by atoms with Gasteiger partial charge in [-0.05, 0) is 11.6 Å². The SMILES string of the molecule is O=C(/C=C/c1ccccc1)Nc1ncc([N+](=O)[O-])cc1O. The van der Waals surface area contributed by atoms with E-state index in [0.717, 1.165) is 17.8 Å². The Balaban J connectivity index is 2.06. The van der Waals surface area contributed by atoms with E-state index < -0.39 is 16.6 Å². The van der Waals surface area contributed by atoms with Crippen LogP contribution in [-0.4, -0.2) is 20.9 Å². The number of aromatic hydroxyl groups is 1. The van der Waals surface area contributed by atoms with Crippen LogP contribution >= 0.6 is 0 Å². The third-order valence-electron chi connectivity index (χ3n) is 2.53. The van der Waals surface area contributed by atoms with E-state index in [1.54, 1.807) is 6.08 Å². The first-order chi connectivity index (χ1) is 10.1. The molecule has 0 spiro atoms. The Bertz CT molecular complexity index is 699. The molecule has 1 heterocycles. The average molecular weight is 285 g/mol. The van der Waals surface area contributed by atoms with Crippen LogP contribution in [0.25, 0.3) is 6.08 Å². The van der Waals surface area contributed by atoms with Crippen LogP contribution in [0.3, 0.4) is 0 Å². The van der Waals surface area contributed by atoms with Crippen molar-refractivity contribution in [2.24, 2.45) is 0 Å². The summed E-state index contributed by atoms with van der Waals surface area (Å²) in [7, 11) is 0. The van der Waals surface area contributed by atoms with E-state index in [0.29, 0.717) is 0 Å². The maximum Gasteiger partial charge on any atom is 0.291 e. The zero-order valence-electron chi connectivity index (χ0n) is 10.8. The molecule has 7 heteroatoms. The molecule has 2 aromatic rings. The lowest BCUT2D eigenvalue weighted by Gasteiger charge is -2.03. The van der Waals surface area contributed by atoms with Crippen molar-refractivity contribution in [2.45, 2.75) is 0 Å². The highest BCUT2D eigenvalue weighted by atomic mass is 16.6. The highest BCUT2D eigenvalue weighted by Gasteiger charge is 2.12. The van der Waals surface area contributed by atoms with Crippen LogP contribution in [0.5, 0.6) is 5.75 Å². The number of carbonyl (C=O) groups excluding carboxylic acids is 1. The Kier molecular flexibility index (Phi) is 4.25. The first kappa shape index (κ1) is 14.2. The molecule has 21 heavy (non-hydrogen) atoms. The van der Waals surface area contributed by atoms with Crippen LogP contribution in [-0.2, 0) is 4.79 Å². The highest BCUT2D eigenvalue weighted by Crippen LogP contribution is 2.24. The van der Waals surface area contributed by atoms with Gasteiger partial charge in [-0.3, -0.25) is 14.9 Å². The van der Waals surface area contributed by atoms with E-state index in [9.17, 15) is 20.0 Å². The number of nitrogens with one attached hydrogen (secondary N) is 1. The second-order valence-electron chi connectivity index (χ2n) is 4.05. The maximum absolute atomic E-state index is 11.7. The minimum absolute atomic E-state index is 0.136. The third kappa shape index (κ3) is 3.87. The van der Waals surface area contributed by atoms with Gasteiger partial charge in [-0.2, -0.15) is 0 Å². The summed E-state index contributed by atoms with van der Waals surface area (Å²) in [5.41, 5.74) is 0.485. The average Bonchev–Trinajstić information content (AvgIpc) is 2.48. The number of rotatable bonds is 4. The first-order valence-corrected chi connectivity index (χ1v) is 5.94. The Labute approximate surface area is 119 Å². The molecular formula is C14H11N3O4. The number of pyridine rings is 1. The predicted molar refractivity (Wildman–Crippen MR) is 76.7 cm³/mol. The summed E-state index contributed by atoms with van der Waals surface area (Å²) in [4.78, 5) is 25.1. The van der Waals surface area contributed by atoms with Gasteiger partial charge in [0.15, 0.2) is 11.6 Å². The molecule has 106 valence electrons. The fraction of sp³-hybridized carbons (Fsp3) is 0. The number of aromatic nitrogens is 1. The van der Waals surface area contributed by atoms with E-state index in [2.05, 4.69) is 10.3 Å². The van der Waals surface area contributed by atoms with Gasteiger partial charge in [-0.1, -0.05) is 30.3 Å². The summed E-state index contributed by atoms with van der Waals surface area (Å²) in [5.74, 6) is -1.11. The smallest absolute Gasteiger partial charge is 0.291 e. The normalized spacial score (nSPS) is 10.5. The Morgan fingerprint density at radius 2 is 2.05 bits per heavy atom. The minimum atomic E-state index is -0.687. The van der Waals surface area contributed by atoms with E-state index in [-0.39, 0.29) is 11.5 Å². The quantitative estimate of drug-likeness (QED) is 0.509. The molecule has 0 saturated carbocycles. The molecule has 1 amide bonds. The summed E-state index contributed by atoms with van der Waals surface area (Å²) < 4.78 is 0. The summed E-state index contributed by atoms with van der Waals surface area (Å²) >= 11 is 0. The van der Waals surface area contributed by atoms with Crippen molar-refractivity contribution in [1.82, 2.24) is 4.98 Å². The number of carbonyl (C=O) groups is 1. The van der Waals surface area contributed by atoms with Crippen molar-refractivity contribution in [3.8, 4) is 5.75 Å². The zero-order valence-corrected chi connectivity index (χ0v) is 10.8. The molecule has 0 aliphatic heterocycles. The standard InChI is InChI=1S/C14H11N3O4/c18-12-8-11(17(20)21)9-15-14(12)16-13(19)7-6-10-4-2-1-3-5-10/h1-9,18H,(H,15,16,19)/b7-6+. The lowest BCUT2D eigenvalue weighted by atomic mass is 10.2. The summed E-state index contributed by atoms with van der Waals surface area (Å²) in [6, 6.07) is 10.1. The minimum Gasteiger partial charge on any atom is -0.504 e. The molecule has 1 aromatic heterocycles. The molecular weight excluding hydrogens is 274 g/mol. The van der Waals surface area contributed by atoms with Crippen LogP contribution in [0, 0.1) is 10.1 Å². The van der Waals surface area contributed by atoms with Gasteiger partial charge >= 0.3 is 0 Å². The summed E-state index contributed by atoms with van der Waals surface area (Å²) in [6.45, 7) is 0. The van der Waals surface area contributed by atoms with E-state index in [1.807, 2.05) is 30.3 Å². The lowest BCUT2D eigenvalue weighted by molar-refractivity contribution is -0.385. The molecule has 2 rings (SSSR count). The number of hydrogen-bond donors (Lipinski definition) is 2. The van der Waals surface area contributed by atoms with Crippen molar-refractivity contribution < 1.29 is 14.8 Å². The number of nitrogens with zero attached hydrogens (tertiary/aromatic N) is 2. The van der Waals surface area contributed by atoms with Crippen molar-refractivity contribution >= 4 is 23.5 Å². The number of benzene rings is 1. The number of amides is 1. The van der Waals surface area contributed by atoms with Gasteiger partial charge in [0, 0.05) is 6.08 Å². The first-order valence-electron chi connectivity index (χ1n) is 5.94. The maximum atomic E-state index is 11.7. The Hall–Kier alpha value is -3.22. The molecule has 0 aliphatic rings. The molecule has 0 saturated heterocycles. The Morgan fingerprint density at radius 1 is 1.33 bits per heavy atom. The largest absolute Gasteiger partial charge is 0.504 e. The molecule has 0 radical (unpaired) electrons. The van der Waals surface area contributed by atoms with Crippen molar-refractivity contribution in [1.29, 1.82) is 0 Å². The van der Waals surface area contributed by atoms with Crippen molar-refractivity contribution in [3.05, 3.63) is 64.3 Å². The van der Waals surface area contributed by atoms with Gasteiger partial charge < -0.3 is 10.4 Å². The molecule has 0 bridgehead atoms. The van der Waals surface area contributed by atoms with Crippen LogP contribution in [0.15, 0.2) is 48.7 Å². The van der Waals surface area contributed by atoms with Crippen molar-refractivity contribution in [2.75, 3.05) is 5.32 Å². The van der Waals surface area contributed by atoms with Gasteiger partial charge in [0.25, 0.3) is 5.69 Å². The number of hydrogen-bond acceptors (Lipinski definition) is 5. The van der Waals surface area contributed by atoms with Gasteiger partial charge in [-0.15, -0.1) is 0 Å². The molecule has 0 unspecified atom stereocenters. The third-order valence-corrected chi connectivity index (χ3v) is 2.53. The molecule has 0 fully saturated rings. The van der Waals surface area contributed by atoms with Gasteiger partial charge in [0.1, 0.15) is 6.20 Å². The van der Waals surface area contributed by atoms with Crippen LogP contribution in [0.2, 0.25) is 0 Å². The topological polar surface area (TPSA) is 105 Å². The number of anilines is 1. The summed E-state index contributed by atoms with van der Waals surface area (Å²) in [6.07, 6.45) is 3.83. The molecule has 1 aromatic carbocycles. The Morgan fingerprint density at radius 3 is 2.67 bits per heavy atom. The lowest BCUT2D eigenvalue weighted by Crippen LogP contribution is -2.09. The molecule has 0 atom stereocenters. The van der Waals surface area contributed by atoms with Crippen LogP contribution in [0.1, 0.15) is 5.56 Å². The van der Waals surface area contributed by atoms with Crippen molar-refractivity contribution in [3.63, 3.8) is 0 Å². The van der Waals surface area contributed by atoms with Crippen LogP contribution < -0.4 is 5.32 Å².